The Hall–Kier alpha value is -0.570. The second kappa shape index (κ2) is 5.56. The molecular weight excluding hydrogens is 144 g/mol. The Morgan fingerprint density at radius 3 is 2.78 bits per heavy atom. The summed E-state index contributed by atoms with van der Waals surface area (Å²) in [5.41, 5.74) is 0. The Morgan fingerprint density at radius 1 is 1.67 bits per heavy atom. The smallest absolute Gasteiger partial charge is 0.320 e. The molecule has 0 unspecified atom stereocenters. The molecule has 0 saturated heterocycles. The summed E-state index contributed by atoms with van der Waals surface area (Å²) in [6, 6.07) is 0. The first kappa shape index (κ1) is 8.43. The summed E-state index contributed by atoms with van der Waals surface area (Å²) in [6.45, 7) is 0.134. The fraction of sp³-hybridized carbons (Fsp3) is 0.600. The van der Waals surface area contributed by atoms with E-state index >= 15 is 0 Å². The molecule has 0 rings (SSSR count). The fourth-order valence-corrected chi connectivity index (χ4v) is 0.337. The molecule has 4 heteroatoms. The van der Waals surface area contributed by atoms with E-state index in [1.165, 1.54) is 0 Å². The summed E-state index contributed by atoms with van der Waals surface area (Å²) in [5, 5.41) is 0. The number of ether oxygens (including phenoxy) is 1. The van der Waals surface area contributed by atoms with Gasteiger partial charge >= 0.3 is 5.97 Å². The van der Waals surface area contributed by atoms with Gasteiger partial charge in [-0.15, -0.1) is 11.6 Å². The maximum atomic E-state index is 10.2. The Morgan fingerprint density at radius 2 is 2.33 bits per heavy atom. The molecule has 0 aromatic rings. The molecular formula is C5H7ClO3. The van der Waals surface area contributed by atoms with E-state index in [1.807, 2.05) is 0 Å². The van der Waals surface area contributed by atoms with E-state index in [4.69, 9.17) is 11.6 Å². The minimum Gasteiger partial charge on any atom is -0.464 e. The summed E-state index contributed by atoms with van der Waals surface area (Å²) < 4.78 is 4.43. The third kappa shape index (κ3) is 5.30. The van der Waals surface area contributed by atoms with Crippen molar-refractivity contribution in [3.05, 3.63) is 0 Å². The average molecular weight is 151 g/mol. The van der Waals surface area contributed by atoms with Gasteiger partial charge in [-0.2, -0.15) is 0 Å². The highest BCUT2D eigenvalue weighted by molar-refractivity contribution is 6.26. The lowest BCUT2D eigenvalue weighted by molar-refractivity contribution is -0.140. The molecule has 0 aliphatic carbocycles. The van der Waals surface area contributed by atoms with Gasteiger partial charge in [0.05, 0.1) is 6.61 Å². The molecule has 0 heterocycles. The van der Waals surface area contributed by atoms with Gasteiger partial charge < -0.3 is 9.53 Å². The van der Waals surface area contributed by atoms with Crippen molar-refractivity contribution < 1.29 is 14.3 Å². The van der Waals surface area contributed by atoms with Crippen LogP contribution in [-0.2, 0) is 14.3 Å². The summed E-state index contributed by atoms with van der Waals surface area (Å²) in [7, 11) is 0. The second-order valence-corrected chi connectivity index (χ2v) is 1.58. The van der Waals surface area contributed by atoms with Gasteiger partial charge in [0.2, 0.25) is 0 Å². The maximum Gasteiger partial charge on any atom is 0.320 e. The highest BCUT2D eigenvalue weighted by Crippen LogP contribution is 1.83. The number of rotatable bonds is 4. The SMILES string of the molecule is O=CCCOC(=O)CCl. The third-order valence-electron chi connectivity index (χ3n) is 0.608. The molecule has 0 amide bonds. The van der Waals surface area contributed by atoms with Gasteiger partial charge in [0.25, 0.3) is 0 Å². The molecule has 0 bridgehead atoms. The van der Waals surface area contributed by atoms with Crippen LogP contribution in [0.3, 0.4) is 0 Å². The fourth-order valence-electron chi connectivity index (χ4n) is 0.259. The van der Waals surface area contributed by atoms with Gasteiger partial charge in [0.15, 0.2) is 0 Å². The summed E-state index contributed by atoms with van der Waals surface area (Å²) >= 11 is 5.07. The molecule has 0 fully saturated rings. The van der Waals surface area contributed by atoms with Crippen LogP contribution in [0.5, 0.6) is 0 Å². The van der Waals surface area contributed by atoms with Crippen LogP contribution in [0.25, 0.3) is 0 Å². The van der Waals surface area contributed by atoms with Crippen molar-refractivity contribution in [3.8, 4) is 0 Å². The summed E-state index contributed by atoms with van der Waals surface area (Å²) in [4.78, 5) is 19.9. The van der Waals surface area contributed by atoms with Crippen LogP contribution in [0, 0.1) is 0 Å². The van der Waals surface area contributed by atoms with Crippen LogP contribution in [0.2, 0.25) is 0 Å². The zero-order valence-corrected chi connectivity index (χ0v) is 5.56. The van der Waals surface area contributed by atoms with Crippen LogP contribution in [0.4, 0.5) is 0 Å². The second-order valence-electron chi connectivity index (χ2n) is 1.31. The lowest BCUT2D eigenvalue weighted by Crippen LogP contribution is -2.06. The minimum absolute atomic E-state index is 0.134. The standard InChI is InChI=1S/C5H7ClO3/c6-4-5(8)9-3-1-2-7/h2H,1,3-4H2. The first-order chi connectivity index (χ1) is 4.31. The molecule has 0 radical (unpaired) electrons. The van der Waals surface area contributed by atoms with E-state index in [2.05, 4.69) is 4.74 Å². The van der Waals surface area contributed by atoms with Crippen molar-refractivity contribution in [2.75, 3.05) is 12.5 Å². The molecule has 0 saturated carbocycles. The van der Waals surface area contributed by atoms with Crippen LogP contribution < -0.4 is 0 Å². The number of alkyl halides is 1. The number of carbonyl (C=O) groups excluding carboxylic acids is 2. The Bertz CT molecular complexity index is 102. The number of carbonyl (C=O) groups is 2. The zero-order chi connectivity index (χ0) is 7.11. The van der Waals surface area contributed by atoms with Crippen molar-refractivity contribution >= 4 is 23.9 Å². The predicted octanol–water partition coefficient (Wildman–Crippen LogP) is 0.357. The quantitative estimate of drug-likeness (QED) is 0.252. The molecule has 0 N–H and O–H groups in total. The first-order valence-electron chi connectivity index (χ1n) is 2.46. The molecule has 52 valence electrons. The minimum atomic E-state index is -0.487. The van der Waals surface area contributed by atoms with E-state index in [0.717, 1.165) is 0 Å². The highest BCUT2D eigenvalue weighted by Gasteiger charge is 1.96. The van der Waals surface area contributed by atoms with Crippen LogP contribution in [-0.4, -0.2) is 24.7 Å². The topological polar surface area (TPSA) is 43.4 Å². The molecule has 0 aliphatic heterocycles. The van der Waals surface area contributed by atoms with E-state index < -0.39 is 5.97 Å². The highest BCUT2D eigenvalue weighted by atomic mass is 35.5. The van der Waals surface area contributed by atoms with Crippen molar-refractivity contribution in [3.63, 3.8) is 0 Å². The largest absolute Gasteiger partial charge is 0.464 e. The monoisotopic (exact) mass is 150 g/mol. The van der Waals surface area contributed by atoms with Crippen LogP contribution >= 0.6 is 11.6 Å². The molecule has 9 heavy (non-hydrogen) atoms. The molecule has 0 atom stereocenters. The molecule has 3 nitrogen and oxygen atoms in total. The number of esters is 1. The first-order valence-corrected chi connectivity index (χ1v) is 3.00. The Balaban J connectivity index is 3.06. The van der Waals surface area contributed by atoms with E-state index in [1.54, 1.807) is 0 Å². The Labute approximate surface area is 57.9 Å². The number of hydrogen-bond acceptors (Lipinski definition) is 3. The zero-order valence-electron chi connectivity index (χ0n) is 4.80. The van der Waals surface area contributed by atoms with Gasteiger partial charge in [-0.1, -0.05) is 0 Å². The molecule has 0 aromatic heterocycles. The van der Waals surface area contributed by atoms with Gasteiger partial charge in [0.1, 0.15) is 12.2 Å². The van der Waals surface area contributed by atoms with Crippen molar-refractivity contribution in [2.45, 2.75) is 6.42 Å². The maximum absolute atomic E-state index is 10.2. The average Bonchev–Trinajstić information content (AvgIpc) is 1.89. The van der Waals surface area contributed by atoms with Gasteiger partial charge in [-0.3, -0.25) is 4.79 Å². The van der Waals surface area contributed by atoms with Crippen LogP contribution in [0.1, 0.15) is 6.42 Å². The van der Waals surface area contributed by atoms with Crippen molar-refractivity contribution in [1.29, 1.82) is 0 Å². The lowest BCUT2D eigenvalue weighted by Gasteiger charge is -1.95. The van der Waals surface area contributed by atoms with Gasteiger partial charge in [0, 0.05) is 6.42 Å². The lowest BCUT2D eigenvalue weighted by atomic mass is 10.5. The van der Waals surface area contributed by atoms with E-state index in [9.17, 15) is 9.59 Å². The molecule has 0 spiro atoms. The summed E-state index contributed by atoms with van der Waals surface area (Å²) in [5.74, 6) is -0.641. The Kier molecular flexibility index (Phi) is 5.21. The number of halogens is 1. The van der Waals surface area contributed by atoms with Crippen molar-refractivity contribution in [1.82, 2.24) is 0 Å². The molecule has 0 aliphatic rings. The van der Waals surface area contributed by atoms with E-state index in [0.29, 0.717) is 6.29 Å². The molecule has 0 aromatic carbocycles. The number of hydrogen-bond donors (Lipinski definition) is 0. The predicted molar refractivity (Wildman–Crippen MR) is 32.4 cm³/mol. The van der Waals surface area contributed by atoms with Crippen LogP contribution in [0.15, 0.2) is 0 Å². The van der Waals surface area contributed by atoms with E-state index in [-0.39, 0.29) is 18.9 Å². The van der Waals surface area contributed by atoms with Gasteiger partial charge in [-0.05, 0) is 0 Å². The normalized spacial score (nSPS) is 8.56. The van der Waals surface area contributed by atoms with Gasteiger partial charge in [-0.25, -0.2) is 0 Å². The summed E-state index contributed by atoms with van der Waals surface area (Å²) in [6.07, 6.45) is 0.921. The van der Waals surface area contributed by atoms with Crippen molar-refractivity contribution in [2.24, 2.45) is 0 Å². The number of aldehydes is 1. The third-order valence-corrected chi connectivity index (χ3v) is 0.826.